The number of pyridine rings is 2. The molecule has 32 heavy (non-hydrogen) atoms. The highest BCUT2D eigenvalue weighted by atomic mass is 19.4. The Morgan fingerprint density at radius 1 is 0.938 bits per heavy atom. The van der Waals surface area contributed by atoms with Gasteiger partial charge in [0.15, 0.2) is 5.78 Å². The van der Waals surface area contributed by atoms with Gasteiger partial charge in [-0.2, -0.15) is 26.3 Å². The summed E-state index contributed by atoms with van der Waals surface area (Å²) in [7, 11) is 1.37. The first kappa shape index (κ1) is 23.2. The minimum Gasteiger partial charge on any atom is -0.497 e. The van der Waals surface area contributed by atoms with Gasteiger partial charge >= 0.3 is 12.4 Å². The van der Waals surface area contributed by atoms with Crippen molar-refractivity contribution in [3.8, 4) is 5.75 Å². The molecule has 3 rings (SSSR count). The molecule has 2 aromatic heterocycles. The Hall–Kier alpha value is -3.43. The summed E-state index contributed by atoms with van der Waals surface area (Å²) in [6, 6.07) is 8.35. The maximum atomic E-state index is 13.6. The molecule has 0 aliphatic heterocycles. The molecule has 0 aliphatic rings. The highest BCUT2D eigenvalue weighted by Gasteiger charge is 2.37. The van der Waals surface area contributed by atoms with Crippen LogP contribution in [0.2, 0.25) is 0 Å². The van der Waals surface area contributed by atoms with Crippen molar-refractivity contribution in [2.24, 2.45) is 0 Å². The molecule has 0 amide bonds. The SMILES string of the molecule is COc1ccnc(C(=O)C[C@@H](c2ccc(C(F)(F)F)cc2)c2ncccc2C(F)(F)F)c1. The van der Waals surface area contributed by atoms with Gasteiger partial charge in [0.25, 0.3) is 0 Å². The molecule has 0 unspecified atom stereocenters. The minimum absolute atomic E-state index is 0.0502. The number of benzene rings is 1. The summed E-state index contributed by atoms with van der Waals surface area (Å²) in [5.74, 6) is -1.55. The van der Waals surface area contributed by atoms with Gasteiger partial charge in [-0.3, -0.25) is 14.8 Å². The van der Waals surface area contributed by atoms with Gasteiger partial charge in [-0.15, -0.1) is 0 Å². The van der Waals surface area contributed by atoms with E-state index in [9.17, 15) is 31.1 Å². The molecule has 4 nitrogen and oxygen atoms in total. The number of methoxy groups -OCH3 is 1. The highest BCUT2D eigenvalue weighted by Crippen LogP contribution is 2.39. The first-order valence-corrected chi connectivity index (χ1v) is 9.23. The van der Waals surface area contributed by atoms with Gasteiger partial charge in [0, 0.05) is 30.8 Å². The van der Waals surface area contributed by atoms with E-state index in [4.69, 9.17) is 4.74 Å². The van der Waals surface area contributed by atoms with Crippen LogP contribution < -0.4 is 4.74 Å². The fourth-order valence-corrected chi connectivity index (χ4v) is 3.19. The zero-order chi connectivity index (χ0) is 23.5. The van der Waals surface area contributed by atoms with E-state index in [2.05, 4.69) is 9.97 Å². The van der Waals surface area contributed by atoms with Crippen molar-refractivity contribution in [3.63, 3.8) is 0 Å². The van der Waals surface area contributed by atoms with Crippen LogP contribution in [0.5, 0.6) is 5.75 Å². The summed E-state index contributed by atoms with van der Waals surface area (Å²) in [6.45, 7) is 0. The molecule has 0 radical (unpaired) electrons. The number of ketones is 1. The molecule has 0 saturated heterocycles. The number of nitrogens with zero attached hydrogens (tertiary/aromatic N) is 2. The predicted molar refractivity (Wildman–Crippen MR) is 102 cm³/mol. The number of rotatable bonds is 6. The van der Waals surface area contributed by atoms with Crippen LogP contribution in [-0.2, 0) is 12.4 Å². The van der Waals surface area contributed by atoms with E-state index >= 15 is 0 Å². The Morgan fingerprint density at radius 2 is 1.62 bits per heavy atom. The summed E-state index contributed by atoms with van der Waals surface area (Å²) in [6.07, 6.45) is -7.44. The number of alkyl halides is 6. The van der Waals surface area contributed by atoms with Crippen molar-refractivity contribution in [2.45, 2.75) is 24.7 Å². The van der Waals surface area contributed by atoms with Crippen molar-refractivity contribution in [1.29, 1.82) is 0 Å². The Labute approximate surface area is 178 Å². The zero-order valence-corrected chi connectivity index (χ0v) is 16.5. The molecule has 3 aromatic rings. The van der Waals surface area contributed by atoms with E-state index in [0.29, 0.717) is 5.75 Å². The maximum Gasteiger partial charge on any atom is 0.418 e. The molecule has 168 valence electrons. The van der Waals surface area contributed by atoms with Gasteiger partial charge in [-0.1, -0.05) is 12.1 Å². The Balaban J connectivity index is 2.07. The second kappa shape index (κ2) is 8.97. The second-order valence-corrected chi connectivity index (χ2v) is 6.81. The van der Waals surface area contributed by atoms with E-state index in [1.54, 1.807) is 0 Å². The average Bonchev–Trinajstić information content (AvgIpc) is 2.76. The van der Waals surface area contributed by atoms with Crippen LogP contribution in [0.4, 0.5) is 26.3 Å². The first-order valence-electron chi connectivity index (χ1n) is 9.23. The van der Waals surface area contributed by atoms with Gasteiger partial charge in [0.2, 0.25) is 0 Å². The van der Waals surface area contributed by atoms with Crippen LogP contribution in [0.25, 0.3) is 0 Å². The lowest BCUT2D eigenvalue weighted by atomic mass is 9.86. The zero-order valence-electron chi connectivity index (χ0n) is 16.5. The van der Waals surface area contributed by atoms with Crippen molar-refractivity contribution in [1.82, 2.24) is 9.97 Å². The van der Waals surface area contributed by atoms with Crippen LogP contribution >= 0.6 is 0 Å². The quantitative estimate of drug-likeness (QED) is 0.342. The molecular weight excluding hydrogens is 438 g/mol. The molecule has 0 N–H and O–H groups in total. The number of hydrogen-bond acceptors (Lipinski definition) is 4. The third-order valence-corrected chi connectivity index (χ3v) is 4.76. The minimum atomic E-state index is -4.77. The molecule has 0 spiro atoms. The molecular formula is C22H16F6N2O2. The molecule has 1 aromatic carbocycles. The van der Waals surface area contributed by atoms with Crippen LogP contribution in [0, 0.1) is 0 Å². The molecule has 2 heterocycles. The second-order valence-electron chi connectivity index (χ2n) is 6.81. The number of halogens is 6. The van der Waals surface area contributed by atoms with Crippen LogP contribution in [0.15, 0.2) is 60.9 Å². The molecule has 0 aliphatic carbocycles. The van der Waals surface area contributed by atoms with Gasteiger partial charge in [0.1, 0.15) is 11.4 Å². The standard InChI is InChI=1S/C22H16F6N2O2/c1-32-15-8-10-29-18(11-15)19(31)12-16(13-4-6-14(7-5-13)21(23,24)25)20-17(22(26,27)28)3-2-9-30-20/h2-11,16H,12H2,1H3/t16-/m0/s1. The van der Waals surface area contributed by atoms with Crippen LogP contribution in [-0.4, -0.2) is 22.9 Å². The maximum absolute atomic E-state index is 13.6. The summed E-state index contributed by atoms with van der Waals surface area (Å²) < 4.78 is 84.6. The summed E-state index contributed by atoms with van der Waals surface area (Å²) in [4.78, 5) is 20.6. The normalized spacial score (nSPS) is 13.0. The summed E-state index contributed by atoms with van der Waals surface area (Å²) >= 11 is 0. The third kappa shape index (κ3) is 5.24. The molecule has 10 heteroatoms. The highest BCUT2D eigenvalue weighted by molar-refractivity contribution is 5.95. The number of aromatic nitrogens is 2. The van der Waals surface area contributed by atoms with Gasteiger partial charge < -0.3 is 4.74 Å². The summed E-state index contributed by atoms with van der Waals surface area (Å²) in [5, 5.41) is 0. The van der Waals surface area contributed by atoms with Gasteiger partial charge in [0.05, 0.1) is 23.9 Å². The lowest BCUT2D eigenvalue weighted by Crippen LogP contribution is -2.18. The molecule has 0 saturated carbocycles. The van der Waals surface area contributed by atoms with Crippen molar-refractivity contribution < 1.29 is 35.9 Å². The van der Waals surface area contributed by atoms with Crippen molar-refractivity contribution >= 4 is 5.78 Å². The third-order valence-electron chi connectivity index (χ3n) is 4.76. The van der Waals surface area contributed by atoms with Crippen molar-refractivity contribution in [3.05, 3.63) is 89.0 Å². The predicted octanol–water partition coefficient (Wildman–Crippen LogP) is 5.93. The Kier molecular flexibility index (Phi) is 6.52. The van der Waals surface area contributed by atoms with E-state index in [1.165, 1.54) is 25.4 Å². The Bertz CT molecular complexity index is 1090. The first-order chi connectivity index (χ1) is 15.0. The van der Waals surface area contributed by atoms with Crippen molar-refractivity contribution in [2.75, 3.05) is 7.11 Å². The van der Waals surface area contributed by atoms with E-state index in [0.717, 1.165) is 42.6 Å². The molecule has 1 atom stereocenters. The number of Topliss-reactive ketones (excluding diaryl/α,β-unsaturated/α-hetero) is 1. The van der Waals surface area contributed by atoms with Crippen LogP contribution in [0.3, 0.4) is 0 Å². The fourth-order valence-electron chi connectivity index (χ4n) is 3.19. The fraction of sp³-hybridized carbons (Fsp3) is 0.227. The number of ether oxygens (including phenoxy) is 1. The smallest absolute Gasteiger partial charge is 0.418 e. The molecule has 0 bridgehead atoms. The van der Waals surface area contributed by atoms with E-state index < -0.39 is 47.3 Å². The van der Waals surface area contributed by atoms with Gasteiger partial charge in [-0.05, 0) is 35.9 Å². The average molecular weight is 454 g/mol. The topological polar surface area (TPSA) is 52.1 Å². The monoisotopic (exact) mass is 454 g/mol. The lowest BCUT2D eigenvalue weighted by Gasteiger charge is -2.21. The number of carbonyl (C=O) groups excluding carboxylic acids is 1. The van der Waals surface area contributed by atoms with Gasteiger partial charge in [-0.25, -0.2) is 0 Å². The Morgan fingerprint density at radius 3 is 2.22 bits per heavy atom. The van der Waals surface area contributed by atoms with Crippen LogP contribution in [0.1, 0.15) is 45.2 Å². The lowest BCUT2D eigenvalue weighted by molar-refractivity contribution is -0.139. The summed E-state index contributed by atoms with van der Waals surface area (Å²) in [5.41, 5.74) is -2.46. The number of hydrogen-bond donors (Lipinski definition) is 0. The van der Waals surface area contributed by atoms with E-state index in [-0.39, 0.29) is 11.3 Å². The largest absolute Gasteiger partial charge is 0.497 e. The molecule has 0 fully saturated rings. The van der Waals surface area contributed by atoms with E-state index in [1.807, 2.05) is 0 Å². The number of carbonyl (C=O) groups is 1.